The van der Waals surface area contributed by atoms with Crippen LogP contribution in [0.5, 0.6) is 0 Å². The van der Waals surface area contributed by atoms with E-state index in [2.05, 4.69) is 20.8 Å². The van der Waals surface area contributed by atoms with Gasteiger partial charge < -0.3 is 9.84 Å². The maximum absolute atomic E-state index is 10.7. The molecule has 0 spiro atoms. The fourth-order valence-corrected chi connectivity index (χ4v) is 1.67. The van der Waals surface area contributed by atoms with Crippen LogP contribution in [-0.4, -0.2) is 48.8 Å². The van der Waals surface area contributed by atoms with E-state index in [0.717, 1.165) is 6.42 Å². The second-order valence-electron chi connectivity index (χ2n) is 4.34. The number of carboxylic acids is 1. The number of hydrogen-bond acceptors (Lipinski definition) is 3. The first kappa shape index (κ1) is 14.4. The van der Waals surface area contributed by atoms with Gasteiger partial charge in [0, 0.05) is 19.7 Å². The lowest BCUT2D eigenvalue weighted by Gasteiger charge is -2.28. The predicted molar refractivity (Wildman–Crippen MR) is 60.0 cm³/mol. The van der Waals surface area contributed by atoms with Crippen LogP contribution < -0.4 is 0 Å². The maximum Gasteiger partial charge on any atom is 0.317 e. The molecule has 15 heavy (non-hydrogen) atoms. The summed E-state index contributed by atoms with van der Waals surface area (Å²) in [4.78, 5) is 12.6. The van der Waals surface area contributed by atoms with Crippen molar-refractivity contribution < 1.29 is 14.6 Å². The van der Waals surface area contributed by atoms with Gasteiger partial charge in [0.25, 0.3) is 0 Å². The fourth-order valence-electron chi connectivity index (χ4n) is 1.67. The van der Waals surface area contributed by atoms with Crippen molar-refractivity contribution in [3.05, 3.63) is 0 Å². The van der Waals surface area contributed by atoms with Crippen LogP contribution >= 0.6 is 0 Å². The first-order valence-corrected chi connectivity index (χ1v) is 5.42. The van der Waals surface area contributed by atoms with Crippen molar-refractivity contribution in [2.75, 3.05) is 26.8 Å². The number of carboxylic acid groups (broad SMARTS) is 1. The normalized spacial score (nSPS) is 13.5. The molecule has 0 rings (SSSR count). The van der Waals surface area contributed by atoms with Crippen molar-refractivity contribution in [3.8, 4) is 0 Å². The van der Waals surface area contributed by atoms with Crippen molar-refractivity contribution in [3.63, 3.8) is 0 Å². The molecule has 0 radical (unpaired) electrons. The molecule has 0 heterocycles. The summed E-state index contributed by atoms with van der Waals surface area (Å²) in [6.07, 6.45) is 1.01. The first-order chi connectivity index (χ1) is 6.97. The Balaban J connectivity index is 4.13. The SMILES string of the molecule is COCCN(CC(=O)O)C(C)CC(C)C. The van der Waals surface area contributed by atoms with Crippen LogP contribution in [0.25, 0.3) is 0 Å². The second-order valence-corrected chi connectivity index (χ2v) is 4.34. The minimum absolute atomic E-state index is 0.0945. The highest BCUT2D eigenvalue weighted by Gasteiger charge is 2.17. The topological polar surface area (TPSA) is 49.8 Å². The van der Waals surface area contributed by atoms with Gasteiger partial charge in [0.1, 0.15) is 0 Å². The predicted octanol–water partition coefficient (Wildman–Crippen LogP) is 1.45. The lowest BCUT2D eigenvalue weighted by molar-refractivity contribution is -0.139. The summed E-state index contributed by atoms with van der Waals surface area (Å²) in [6.45, 7) is 7.71. The Morgan fingerprint density at radius 2 is 2.00 bits per heavy atom. The summed E-state index contributed by atoms with van der Waals surface area (Å²) in [6, 6.07) is 0.288. The lowest BCUT2D eigenvalue weighted by Crippen LogP contribution is -2.40. The average Bonchev–Trinajstić information content (AvgIpc) is 2.10. The molecule has 1 unspecified atom stereocenters. The number of hydrogen-bond donors (Lipinski definition) is 1. The molecular formula is C11H23NO3. The Bertz CT molecular complexity index is 183. The van der Waals surface area contributed by atoms with E-state index in [4.69, 9.17) is 9.84 Å². The lowest BCUT2D eigenvalue weighted by atomic mass is 10.0. The minimum Gasteiger partial charge on any atom is -0.480 e. The molecule has 0 aromatic heterocycles. The van der Waals surface area contributed by atoms with Crippen LogP contribution in [0.3, 0.4) is 0 Å². The van der Waals surface area contributed by atoms with Crippen LogP contribution in [0.1, 0.15) is 27.2 Å². The monoisotopic (exact) mass is 217 g/mol. The van der Waals surface area contributed by atoms with Gasteiger partial charge in [-0.2, -0.15) is 0 Å². The Labute approximate surface area is 92.2 Å². The minimum atomic E-state index is -0.776. The van der Waals surface area contributed by atoms with Gasteiger partial charge in [-0.25, -0.2) is 0 Å². The smallest absolute Gasteiger partial charge is 0.317 e. The zero-order valence-electron chi connectivity index (χ0n) is 10.2. The number of nitrogens with zero attached hydrogens (tertiary/aromatic N) is 1. The van der Waals surface area contributed by atoms with Crippen LogP contribution in [-0.2, 0) is 9.53 Å². The molecule has 0 aliphatic carbocycles. The van der Waals surface area contributed by atoms with E-state index in [1.165, 1.54) is 0 Å². The van der Waals surface area contributed by atoms with Gasteiger partial charge in [0.05, 0.1) is 13.2 Å². The van der Waals surface area contributed by atoms with Crippen LogP contribution in [0.4, 0.5) is 0 Å². The van der Waals surface area contributed by atoms with Gasteiger partial charge in [0.2, 0.25) is 0 Å². The highest BCUT2D eigenvalue weighted by Crippen LogP contribution is 2.10. The van der Waals surface area contributed by atoms with E-state index in [1.807, 2.05) is 4.90 Å². The Morgan fingerprint density at radius 3 is 2.40 bits per heavy atom. The molecule has 0 aliphatic rings. The molecule has 1 N–H and O–H groups in total. The molecule has 0 amide bonds. The van der Waals surface area contributed by atoms with Gasteiger partial charge in [-0.05, 0) is 19.3 Å². The Hall–Kier alpha value is -0.610. The van der Waals surface area contributed by atoms with Gasteiger partial charge in [-0.15, -0.1) is 0 Å². The summed E-state index contributed by atoms with van der Waals surface area (Å²) < 4.78 is 4.97. The fraction of sp³-hybridized carbons (Fsp3) is 0.909. The van der Waals surface area contributed by atoms with E-state index < -0.39 is 5.97 Å². The zero-order chi connectivity index (χ0) is 11.8. The molecule has 1 atom stereocenters. The highest BCUT2D eigenvalue weighted by molar-refractivity contribution is 5.69. The number of methoxy groups -OCH3 is 1. The molecule has 4 heteroatoms. The largest absolute Gasteiger partial charge is 0.480 e. The van der Waals surface area contributed by atoms with Crippen molar-refractivity contribution in [2.24, 2.45) is 5.92 Å². The highest BCUT2D eigenvalue weighted by atomic mass is 16.5. The quantitative estimate of drug-likeness (QED) is 0.668. The third kappa shape index (κ3) is 7.33. The van der Waals surface area contributed by atoms with E-state index in [-0.39, 0.29) is 12.6 Å². The van der Waals surface area contributed by atoms with Gasteiger partial charge in [0.15, 0.2) is 0 Å². The average molecular weight is 217 g/mol. The zero-order valence-corrected chi connectivity index (χ0v) is 10.2. The molecule has 90 valence electrons. The van der Waals surface area contributed by atoms with Gasteiger partial charge in [-0.1, -0.05) is 13.8 Å². The molecule has 0 aromatic carbocycles. The van der Waals surface area contributed by atoms with Crippen molar-refractivity contribution in [1.82, 2.24) is 4.90 Å². The molecule has 0 aliphatic heterocycles. The number of carbonyl (C=O) groups is 1. The van der Waals surface area contributed by atoms with E-state index in [0.29, 0.717) is 19.1 Å². The molecule has 0 saturated heterocycles. The van der Waals surface area contributed by atoms with Crippen LogP contribution in [0.15, 0.2) is 0 Å². The summed E-state index contributed by atoms with van der Waals surface area (Å²) in [5.74, 6) is -0.194. The standard InChI is InChI=1S/C11H23NO3/c1-9(2)7-10(3)12(5-6-15-4)8-11(13)14/h9-10H,5-8H2,1-4H3,(H,13,14). The Kier molecular flexibility index (Phi) is 7.34. The molecule has 0 bridgehead atoms. The van der Waals surface area contributed by atoms with E-state index >= 15 is 0 Å². The van der Waals surface area contributed by atoms with Crippen LogP contribution in [0, 0.1) is 5.92 Å². The van der Waals surface area contributed by atoms with Gasteiger partial charge >= 0.3 is 5.97 Å². The van der Waals surface area contributed by atoms with E-state index in [1.54, 1.807) is 7.11 Å². The molecule has 4 nitrogen and oxygen atoms in total. The molecule has 0 saturated carbocycles. The number of aliphatic carboxylic acids is 1. The first-order valence-electron chi connectivity index (χ1n) is 5.42. The van der Waals surface area contributed by atoms with Gasteiger partial charge in [-0.3, -0.25) is 9.69 Å². The summed E-state index contributed by atoms with van der Waals surface area (Å²) in [5.41, 5.74) is 0. The number of rotatable bonds is 8. The molecule has 0 fully saturated rings. The van der Waals surface area contributed by atoms with Crippen molar-refractivity contribution in [1.29, 1.82) is 0 Å². The van der Waals surface area contributed by atoms with Crippen molar-refractivity contribution in [2.45, 2.75) is 33.2 Å². The van der Waals surface area contributed by atoms with Crippen LogP contribution in [0.2, 0.25) is 0 Å². The summed E-state index contributed by atoms with van der Waals surface area (Å²) in [7, 11) is 1.63. The molecule has 0 aromatic rings. The van der Waals surface area contributed by atoms with Crippen molar-refractivity contribution >= 4 is 5.97 Å². The second kappa shape index (κ2) is 7.65. The Morgan fingerprint density at radius 1 is 1.40 bits per heavy atom. The summed E-state index contributed by atoms with van der Waals surface area (Å²) >= 11 is 0. The number of ether oxygens (including phenoxy) is 1. The third-order valence-corrected chi connectivity index (χ3v) is 2.36. The molecular weight excluding hydrogens is 194 g/mol. The maximum atomic E-state index is 10.7. The van der Waals surface area contributed by atoms with E-state index in [9.17, 15) is 4.79 Å². The third-order valence-electron chi connectivity index (χ3n) is 2.36. The summed E-state index contributed by atoms with van der Waals surface area (Å²) in [5, 5.41) is 8.78.